The maximum Gasteiger partial charge on any atom is 0.329 e. The van der Waals surface area contributed by atoms with Crippen molar-refractivity contribution in [2.24, 2.45) is 11.8 Å². The van der Waals surface area contributed by atoms with Crippen molar-refractivity contribution >= 4 is 46.8 Å². The number of anilines is 3. The van der Waals surface area contributed by atoms with Gasteiger partial charge in [0, 0.05) is 24.5 Å². The molecule has 67 heavy (non-hydrogen) atoms. The molecule has 7 atom stereocenters. The van der Waals surface area contributed by atoms with Crippen molar-refractivity contribution in [3.8, 4) is 5.75 Å². The standard InChI is InChI=1S/C52H53N5O10/c1-32(2)42(48(60)64-3)54-51(63)56-40-20-11-10-19-39(40)52(50(56)62)41(47(59)53-36-21-23-37(24-22-36)55-25-28-65-29-26-55)44-49(61)67-45(34-15-8-5-9-16-34)43(33-13-6-4-7-14-33)57(44)46(52)35-17-12-18-38(31-35)66-30-27-58/h4-24,31-32,41-46,58H,25-30H2,1-3H3,(H,53,59)(H,54,63)/t41-,42-,43-,44-,45+,46+,52-/m0/s1. The minimum Gasteiger partial charge on any atom is -0.491 e. The van der Waals surface area contributed by atoms with Crippen LogP contribution < -0.4 is 25.2 Å². The van der Waals surface area contributed by atoms with E-state index >= 15 is 14.4 Å². The molecule has 4 amide bonds. The molecular formula is C52H53N5O10. The molecule has 0 bridgehead atoms. The first kappa shape index (κ1) is 45.1. The number of imide groups is 1. The van der Waals surface area contributed by atoms with Crippen LogP contribution in [0.2, 0.25) is 0 Å². The van der Waals surface area contributed by atoms with Crippen molar-refractivity contribution in [1.29, 1.82) is 0 Å². The molecule has 4 aliphatic rings. The van der Waals surface area contributed by atoms with E-state index in [-0.39, 0.29) is 18.9 Å². The molecule has 4 aliphatic heterocycles. The van der Waals surface area contributed by atoms with E-state index in [1.807, 2.05) is 83.8 Å². The van der Waals surface area contributed by atoms with Crippen molar-refractivity contribution < 1.29 is 48.0 Å². The number of rotatable bonds is 12. The second kappa shape index (κ2) is 19.0. The molecule has 5 aromatic carbocycles. The van der Waals surface area contributed by atoms with Crippen LogP contribution in [0.15, 0.2) is 133 Å². The second-order valence-corrected chi connectivity index (χ2v) is 17.4. The minimum atomic E-state index is -2.03. The van der Waals surface area contributed by atoms with Crippen LogP contribution >= 0.6 is 0 Å². The average Bonchev–Trinajstić information content (AvgIpc) is 3.82. The first-order valence-corrected chi connectivity index (χ1v) is 22.6. The Morgan fingerprint density at radius 3 is 2.13 bits per heavy atom. The Labute approximate surface area is 388 Å². The van der Waals surface area contributed by atoms with Gasteiger partial charge in [0.2, 0.25) is 11.8 Å². The maximum absolute atomic E-state index is 16.4. The fourth-order valence-electron chi connectivity index (χ4n) is 10.4. The molecule has 346 valence electrons. The minimum absolute atomic E-state index is 0.0249. The van der Waals surface area contributed by atoms with Gasteiger partial charge in [0.15, 0.2) is 0 Å². The van der Waals surface area contributed by atoms with E-state index in [0.717, 1.165) is 16.2 Å². The number of methoxy groups -OCH3 is 1. The van der Waals surface area contributed by atoms with Gasteiger partial charge in [-0.05, 0) is 70.6 Å². The summed E-state index contributed by atoms with van der Waals surface area (Å²) >= 11 is 0. The Morgan fingerprint density at radius 2 is 1.46 bits per heavy atom. The number of hydrogen-bond acceptors (Lipinski definition) is 12. The molecular weight excluding hydrogens is 855 g/mol. The van der Waals surface area contributed by atoms with Gasteiger partial charge < -0.3 is 39.6 Å². The van der Waals surface area contributed by atoms with Crippen LogP contribution in [0.5, 0.6) is 5.75 Å². The van der Waals surface area contributed by atoms with Crippen LogP contribution in [0.25, 0.3) is 0 Å². The lowest BCUT2D eigenvalue weighted by atomic mass is 9.65. The van der Waals surface area contributed by atoms with Crippen molar-refractivity contribution in [2.75, 3.05) is 61.7 Å². The summed E-state index contributed by atoms with van der Waals surface area (Å²) in [5.74, 6) is -4.50. The fraction of sp³-hybridized carbons (Fsp3) is 0.327. The predicted octanol–water partition coefficient (Wildman–Crippen LogP) is 6.11. The van der Waals surface area contributed by atoms with Crippen LogP contribution in [0.3, 0.4) is 0 Å². The Bertz CT molecular complexity index is 2620. The van der Waals surface area contributed by atoms with Crippen LogP contribution in [0.4, 0.5) is 21.9 Å². The third-order valence-electron chi connectivity index (χ3n) is 13.3. The number of benzene rings is 5. The Morgan fingerprint density at radius 1 is 0.806 bits per heavy atom. The zero-order valence-corrected chi connectivity index (χ0v) is 37.4. The number of fused-ring (bicyclic) bond motifs is 3. The Balaban J connectivity index is 1.29. The van der Waals surface area contributed by atoms with E-state index in [9.17, 15) is 14.7 Å². The van der Waals surface area contributed by atoms with E-state index in [1.54, 1.807) is 68.4 Å². The van der Waals surface area contributed by atoms with E-state index in [1.165, 1.54) is 7.11 Å². The molecule has 9 rings (SSSR count). The van der Waals surface area contributed by atoms with Gasteiger partial charge in [-0.2, -0.15) is 0 Å². The normalized spacial score (nSPS) is 23.9. The number of para-hydroxylation sites is 1. The molecule has 0 aliphatic carbocycles. The monoisotopic (exact) mass is 907 g/mol. The van der Waals surface area contributed by atoms with Gasteiger partial charge >= 0.3 is 18.0 Å². The van der Waals surface area contributed by atoms with Crippen LogP contribution in [-0.4, -0.2) is 98.5 Å². The summed E-state index contributed by atoms with van der Waals surface area (Å²) in [4.78, 5) is 80.6. The van der Waals surface area contributed by atoms with Gasteiger partial charge in [-0.3, -0.25) is 19.3 Å². The number of carbonyl (C=O) groups excluding carboxylic acids is 5. The number of ether oxygens (including phenoxy) is 4. The molecule has 0 saturated carbocycles. The van der Waals surface area contributed by atoms with Gasteiger partial charge in [-0.25, -0.2) is 14.5 Å². The topological polar surface area (TPSA) is 176 Å². The fourth-order valence-corrected chi connectivity index (χ4v) is 10.4. The van der Waals surface area contributed by atoms with Gasteiger partial charge in [0.05, 0.1) is 50.6 Å². The lowest BCUT2D eigenvalue weighted by Crippen LogP contribution is -2.57. The van der Waals surface area contributed by atoms with Gasteiger partial charge in [0.1, 0.15) is 36.0 Å². The molecule has 3 fully saturated rings. The molecule has 0 radical (unpaired) electrons. The van der Waals surface area contributed by atoms with E-state index in [4.69, 9.17) is 18.9 Å². The SMILES string of the molecule is COC(=O)[C@@H](NC(=O)N1C(=O)[C@@]2(c3ccccc31)[C@H](C(=O)Nc1ccc(N3CCOCC3)cc1)[C@H]1C(=O)O[C@H](c3ccccc3)[C@H](c3ccccc3)N1[C@@H]2c1cccc(OCCO)c1)C(C)C. The molecule has 5 aromatic rings. The van der Waals surface area contributed by atoms with Crippen molar-refractivity contribution in [2.45, 2.75) is 49.5 Å². The number of aliphatic hydroxyl groups excluding tert-OH is 1. The number of hydrogen-bond donors (Lipinski definition) is 3. The summed E-state index contributed by atoms with van der Waals surface area (Å²) in [6, 6.07) is 34.5. The third kappa shape index (κ3) is 8.06. The summed E-state index contributed by atoms with van der Waals surface area (Å²) in [7, 11) is 1.22. The highest BCUT2D eigenvalue weighted by atomic mass is 16.6. The molecule has 15 nitrogen and oxygen atoms in total. The number of aliphatic hydroxyl groups is 1. The second-order valence-electron chi connectivity index (χ2n) is 17.4. The average molecular weight is 908 g/mol. The Hall–Kier alpha value is -7.07. The van der Waals surface area contributed by atoms with Crippen molar-refractivity contribution in [3.05, 3.63) is 156 Å². The zero-order valence-electron chi connectivity index (χ0n) is 37.4. The van der Waals surface area contributed by atoms with Gasteiger partial charge in [-0.15, -0.1) is 0 Å². The number of cyclic esters (lactones) is 1. The van der Waals surface area contributed by atoms with Gasteiger partial charge in [0.25, 0.3) is 0 Å². The van der Waals surface area contributed by atoms with Crippen molar-refractivity contribution in [3.63, 3.8) is 0 Å². The lowest BCUT2D eigenvalue weighted by Gasteiger charge is -2.46. The predicted molar refractivity (Wildman–Crippen MR) is 248 cm³/mol. The molecule has 3 N–H and O–H groups in total. The van der Waals surface area contributed by atoms with E-state index in [2.05, 4.69) is 15.5 Å². The highest BCUT2D eigenvalue weighted by Crippen LogP contribution is 2.66. The van der Waals surface area contributed by atoms with Crippen LogP contribution in [0.1, 0.15) is 54.3 Å². The van der Waals surface area contributed by atoms with E-state index in [0.29, 0.717) is 54.4 Å². The number of esters is 2. The number of urea groups is 1. The van der Waals surface area contributed by atoms with Crippen molar-refractivity contribution in [1.82, 2.24) is 10.2 Å². The Kier molecular flexibility index (Phi) is 12.8. The summed E-state index contributed by atoms with van der Waals surface area (Å²) in [6.07, 6.45) is -0.923. The summed E-state index contributed by atoms with van der Waals surface area (Å²) < 4.78 is 23.1. The van der Waals surface area contributed by atoms with Crippen LogP contribution in [0, 0.1) is 11.8 Å². The largest absolute Gasteiger partial charge is 0.491 e. The smallest absolute Gasteiger partial charge is 0.329 e. The third-order valence-corrected chi connectivity index (χ3v) is 13.3. The van der Waals surface area contributed by atoms with E-state index < -0.39 is 77.3 Å². The van der Waals surface area contributed by atoms with Gasteiger partial charge in [-0.1, -0.05) is 105 Å². The first-order chi connectivity index (χ1) is 32.6. The molecule has 0 aromatic heterocycles. The number of nitrogens with one attached hydrogen (secondary N) is 2. The molecule has 4 heterocycles. The zero-order chi connectivity index (χ0) is 46.8. The quantitative estimate of drug-likeness (QED) is 0.123. The van der Waals surface area contributed by atoms with Crippen LogP contribution in [-0.2, 0) is 38.8 Å². The molecule has 15 heteroatoms. The summed E-state index contributed by atoms with van der Waals surface area (Å²) in [5.41, 5.74) is 1.74. The molecule has 3 saturated heterocycles. The lowest BCUT2D eigenvalue weighted by molar-refractivity contribution is -0.177. The highest BCUT2D eigenvalue weighted by molar-refractivity contribution is 6.25. The number of amides is 4. The summed E-state index contributed by atoms with van der Waals surface area (Å²) in [6.45, 7) is 5.80. The maximum atomic E-state index is 16.4. The molecule has 1 spiro atoms. The summed E-state index contributed by atoms with van der Waals surface area (Å²) in [5, 5.41) is 15.6. The number of nitrogens with zero attached hydrogens (tertiary/aromatic N) is 3. The first-order valence-electron chi connectivity index (χ1n) is 22.6. The highest BCUT2D eigenvalue weighted by Gasteiger charge is 2.75. The number of carbonyl (C=O) groups is 5. The number of morpholine rings is 2. The molecule has 0 unspecified atom stereocenters.